The molecule has 0 aromatic carbocycles. The van der Waals surface area contributed by atoms with Crippen molar-refractivity contribution in [2.24, 2.45) is 0 Å². The molecule has 0 spiro atoms. The molecule has 2 rings (SSSR count). The average Bonchev–Trinajstić information content (AvgIpc) is 3.08. The summed E-state index contributed by atoms with van der Waals surface area (Å²) in [5, 5.41) is 13.9. The van der Waals surface area contributed by atoms with Crippen LogP contribution in [0.4, 0.5) is 0 Å². The van der Waals surface area contributed by atoms with Crippen molar-refractivity contribution in [2.45, 2.75) is 25.7 Å². The molecule has 1 amide bonds. The maximum absolute atomic E-state index is 11.7. The van der Waals surface area contributed by atoms with E-state index >= 15 is 0 Å². The topological polar surface area (TPSA) is 92.4 Å². The van der Waals surface area contributed by atoms with Crippen LogP contribution in [0.3, 0.4) is 0 Å². The van der Waals surface area contributed by atoms with Crippen LogP contribution < -0.4 is 5.32 Å². The number of amides is 1. The number of hydrogen-bond donors (Lipinski definition) is 2. The smallest absolute Gasteiger partial charge is 0.303 e. The molecule has 2 N–H and O–H groups in total. The average molecular weight is 308 g/mol. The lowest BCUT2D eigenvalue weighted by atomic mass is 10.2. The van der Waals surface area contributed by atoms with Gasteiger partial charge in [-0.15, -0.1) is 11.3 Å². The Labute approximate surface area is 125 Å². The third-order valence-electron chi connectivity index (χ3n) is 2.80. The minimum atomic E-state index is -0.810. The third kappa shape index (κ3) is 5.03. The Hall–Kier alpha value is -2.15. The van der Waals surface area contributed by atoms with Gasteiger partial charge in [-0.2, -0.15) is 0 Å². The van der Waals surface area contributed by atoms with Gasteiger partial charge >= 0.3 is 5.97 Å². The number of aromatic nitrogens is 1. The van der Waals surface area contributed by atoms with Gasteiger partial charge in [-0.1, -0.05) is 0 Å². The van der Waals surface area contributed by atoms with Crippen molar-refractivity contribution >= 4 is 23.2 Å². The molecule has 0 aliphatic carbocycles. The van der Waals surface area contributed by atoms with Crippen molar-refractivity contribution in [1.29, 1.82) is 0 Å². The van der Waals surface area contributed by atoms with E-state index in [1.165, 1.54) is 11.3 Å². The summed E-state index contributed by atoms with van der Waals surface area (Å²) in [4.78, 5) is 26.4. The van der Waals surface area contributed by atoms with Gasteiger partial charge in [0.15, 0.2) is 0 Å². The molecule has 0 fully saturated rings. The lowest BCUT2D eigenvalue weighted by molar-refractivity contribution is -0.137. The summed E-state index contributed by atoms with van der Waals surface area (Å²) in [6.45, 7) is 0.491. The first-order valence-electron chi connectivity index (χ1n) is 6.60. The van der Waals surface area contributed by atoms with Crippen LogP contribution >= 0.6 is 11.3 Å². The fraction of sp³-hybridized carbons (Fsp3) is 0.357. The normalized spacial score (nSPS) is 10.5. The van der Waals surface area contributed by atoms with Crippen LogP contribution in [0.25, 0.3) is 10.6 Å². The van der Waals surface area contributed by atoms with Crippen LogP contribution in [0, 0.1) is 0 Å². The van der Waals surface area contributed by atoms with E-state index < -0.39 is 5.97 Å². The Kier molecular flexibility index (Phi) is 5.51. The molecule has 112 valence electrons. The zero-order chi connectivity index (χ0) is 15.1. The van der Waals surface area contributed by atoms with E-state index in [1.807, 2.05) is 11.4 Å². The molecule has 0 atom stereocenters. The zero-order valence-electron chi connectivity index (χ0n) is 11.4. The molecule has 0 unspecified atom stereocenters. The molecule has 21 heavy (non-hydrogen) atoms. The van der Waals surface area contributed by atoms with Crippen molar-refractivity contribution in [3.63, 3.8) is 0 Å². The molecule has 2 heterocycles. The first-order valence-corrected chi connectivity index (χ1v) is 7.48. The highest BCUT2D eigenvalue weighted by Crippen LogP contribution is 2.23. The van der Waals surface area contributed by atoms with Gasteiger partial charge in [0.25, 0.3) is 0 Å². The van der Waals surface area contributed by atoms with Crippen molar-refractivity contribution in [3.05, 3.63) is 29.7 Å². The van der Waals surface area contributed by atoms with Crippen LogP contribution in [0.1, 0.15) is 25.0 Å². The molecule has 0 radical (unpaired) electrons. The standard InChI is InChI=1S/C14H16N2O4S/c17-12(15-5-2-1-3-13(18)19)7-11-9-21-14(16-11)10-4-6-20-8-10/h4,6,8-9H,1-3,5,7H2,(H,15,17)(H,18,19). The first-order chi connectivity index (χ1) is 10.1. The molecular formula is C14H16N2O4S. The van der Waals surface area contributed by atoms with Crippen molar-refractivity contribution in [3.8, 4) is 10.6 Å². The summed E-state index contributed by atoms with van der Waals surface area (Å²) in [6.07, 6.45) is 4.79. The SMILES string of the molecule is O=C(O)CCCCNC(=O)Cc1csc(-c2ccoc2)n1. The number of hydrogen-bond acceptors (Lipinski definition) is 5. The van der Waals surface area contributed by atoms with E-state index in [0.717, 1.165) is 16.3 Å². The molecule has 2 aromatic rings. The summed E-state index contributed by atoms with van der Waals surface area (Å²) in [6, 6.07) is 1.82. The summed E-state index contributed by atoms with van der Waals surface area (Å²) in [7, 11) is 0. The summed E-state index contributed by atoms with van der Waals surface area (Å²) in [5.74, 6) is -0.912. The van der Waals surface area contributed by atoms with Gasteiger partial charge in [-0.25, -0.2) is 4.98 Å². The van der Waals surface area contributed by atoms with Gasteiger partial charge in [0.05, 0.1) is 18.4 Å². The summed E-state index contributed by atoms with van der Waals surface area (Å²) in [5.41, 5.74) is 1.62. The van der Waals surface area contributed by atoms with Gasteiger partial charge < -0.3 is 14.8 Å². The second-order valence-electron chi connectivity index (χ2n) is 4.53. The Balaban J connectivity index is 1.72. The Bertz CT molecular complexity index is 592. The van der Waals surface area contributed by atoms with E-state index in [9.17, 15) is 9.59 Å². The molecule has 0 aliphatic heterocycles. The maximum atomic E-state index is 11.7. The zero-order valence-corrected chi connectivity index (χ0v) is 12.2. The van der Waals surface area contributed by atoms with Crippen molar-refractivity contribution in [1.82, 2.24) is 10.3 Å². The molecule has 0 bridgehead atoms. The number of nitrogens with zero attached hydrogens (tertiary/aromatic N) is 1. The number of aliphatic carboxylic acids is 1. The first kappa shape index (κ1) is 15.2. The Morgan fingerprint density at radius 1 is 1.38 bits per heavy atom. The molecule has 0 saturated carbocycles. The van der Waals surface area contributed by atoms with E-state index in [4.69, 9.17) is 9.52 Å². The Morgan fingerprint density at radius 2 is 2.24 bits per heavy atom. The van der Waals surface area contributed by atoms with E-state index in [2.05, 4.69) is 10.3 Å². The predicted molar refractivity (Wildman–Crippen MR) is 78.0 cm³/mol. The number of thiazole rings is 1. The lowest BCUT2D eigenvalue weighted by Gasteiger charge is -2.02. The second kappa shape index (κ2) is 7.58. The Morgan fingerprint density at radius 3 is 2.95 bits per heavy atom. The highest BCUT2D eigenvalue weighted by molar-refractivity contribution is 7.13. The third-order valence-corrected chi connectivity index (χ3v) is 3.74. The number of carboxylic acid groups (broad SMARTS) is 1. The number of nitrogens with one attached hydrogen (secondary N) is 1. The number of carbonyl (C=O) groups excluding carboxylic acids is 1. The van der Waals surface area contributed by atoms with Gasteiger partial charge in [0, 0.05) is 23.9 Å². The number of rotatable bonds is 8. The highest BCUT2D eigenvalue weighted by atomic mass is 32.1. The van der Waals surface area contributed by atoms with Crippen LogP contribution in [0.15, 0.2) is 28.4 Å². The summed E-state index contributed by atoms with van der Waals surface area (Å²) >= 11 is 1.47. The van der Waals surface area contributed by atoms with Gasteiger partial charge in [-0.3, -0.25) is 9.59 Å². The van der Waals surface area contributed by atoms with Crippen LogP contribution in [-0.2, 0) is 16.0 Å². The van der Waals surface area contributed by atoms with Gasteiger partial charge in [0.1, 0.15) is 11.3 Å². The number of unbranched alkanes of at least 4 members (excludes halogenated alkanes) is 1. The van der Waals surface area contributed by atoms with Crippen molar-refractivity contribution < 1.29 is 19.1 Å². The fourth-order valence-electron chi connectivity index (χ4n) is 1.76. The number of furan rings is 1. The molecular weight excluding hydrogens is 292 g/mol. The molecule has 0 aliphatic rings. The summed E-state index contributed by atoms with van der Waals surface area (Å²) < 4.78 is 5.00. The van der Waals surface area contributed by atoms with Gasteiger partial charge in [-0.05, 0) is 18.9 Å². The number of carboxylic acids is 1. The largest absolute Gasteiger partial charge is 0.481 e. The quantitative estimate of drug-likeness (QED) is 0.730. The van der Waals surface area contributed by atoms with Crippen LogP contribution in [-0.4, -0.2) is 28.5 Å². The lowest BCUT2D eigenvalue weighted by Crippen LogP contribution is -2.26. The molecule has 6 nitrogen and oxygen atoms in total. The van der Waals surface area contributed by atoms with Crippen molar-refractivity contribution in [2.75, 3.05) is 6.54 Å². The molecule has 7 heteroatoms. The monoisotopic (exact) mass is 308 g/mol. The van der Waals surface area contributed by atoms with E-state index in [1.54, 1.807) is 12.5 Å². The van der Waals surface area contributed by atoms with Crippen LogP contribution in [0.5, 0.6) is 0 Å². The minimum absolute atomic E-state index is 0.102. The molecule has 2 aromatic heterocycles. The number of carbonyl (C=O) groups is 2. The van der Waals surface area contributed by atoms with Crippen LogP contribution in [0.2, 0.25) is 0 Å². The maximum Gasteiger partial charge on any atom is 0.303 e. The predicted octanol–water partition coefficient (Wildman–Crippen LogP) is 2.32. The van der Waals surface area contributed by atoms with E-state index in [0.29, 0.717) is 19.4 Å². The minimum Gasteiger partial charge on any atom is -0.481 e. The van der Waals surface area contributed by atoms with Gasteiger partial charge in [0.2, 0.25) is 5.91 Å². The highest BCUT2D eigenvalue weighted by Gasteiger charge is 2.09. The second-order valence-corrected chi connectivity index (χ2v) is 5.39. The van der Waals surface area contributed by atoms with E-state index in [-0.39, 0.29) is 18.7 Å². The fourth-order valence-corrected chi connectivity index (χ4v) is 2.57. The molecule has 0 saturated heterocycles.